The van der Waals surface area contributed by atoms with Gasteiger partial charge in [0.2, 0.25) is 0 Å². The predicted molar refractivity (Wildman–Crippen MR) is 75.1 cm³/mol. The number of fused-ring (bicyclic) bond motifs is 2. The molecule has 2 aliphatic rings. The number of carboxylic acid groups (broad SMARTS) is 1. The molecule has 0 bridgehead atoms. The molecule has 2 aliphatic heterocycles. The van der Waals surface area contributed by atoms with E-state index in [2.05, 4.69) is 5.32 Å². The lowest BCUT2D eigenvalue weighted by Gasteiger charge is -2.39. The molecular formula is C14H16N2O5. The van der Waals surface area contributed by atoms with Gasteiger partial charge in [0.05, 0.1) is 11.4 Å². The Morgan fingerprint density at radius 3 is 2.57 bits per heavy atom. The van der Waals surface area contributed by atoms with E-state index in [1.54, 1.807) is 26.0 Å². The minimum Gasteiger partial charge on any atom is -0.486 e. The molecule has 0 unspecified atom stereocenters. The first kappa shape index (κ1) is 13.5. The van der Waals surface area contributed by atoms with Crippen LogP contribution in [0.1, 0.15) is 13.8 Å². The molecule has 3 rings (SSSR count). The van der Waals surface area contributed by atoms with Crippen LogP contribution in [0, 0.1) is 0 Å². The second-order valence-electron chi connectivity index (χ2n) is 5.55. The molecule has 0 saturated carbocycles. The lowest BCUT2D eigenvalue weighted by Crippen LogP contribution is -2.55. The van der Waals surface area contributed by atoms with Gasteiger partial charge >= 0.3 is 5.97 Å². The van der Waals surface area contributed by atoms with Crippen LogP contribution in [-0.2, 0) is 9.59 Å². The first-order valence-corrected chi connectivity index (χ1v) is 6.64. The fourth-order valence-electron chi connectivity index (χ4n) is 2.53. The van der Waals surface area contributed by atoms with E-state index in [4.69, 9.17) is 14.6 Å². The highest BCUT2D eigenvalue weighted by atomic mass is 16.6. The van der Waals surface area contributed by atoms with Gasteiger partial charge in [-0.15, -0.1) is 0 Å². The average molecular weight is 292 g/mol. The summed E-state index contributed by atoms with van der Waals surface area (Å²) in [5.74, 6) is -0.256. The summed E-state index contributed by atoms with van der Waals surface area (Å²) in [6.07, 6.45) is 0. The van der Waals surface area contributed by atoms with Crippen LogP contribution < -0.4 is 19.7 Å². The molecule has 0 fully saturated rings. The topological polar surface area (TPSA) is 88.1 Å². The average Bonchev–Trinajstić information content (AvgIpc) is 2.41. The van der Waals surface area contributed by atoms with Gasteiger partial charge in [-0.25, -0.2) is 0 Å². The number of hydrogen-bond acceptors (Lipinski definition) is 5. The maximum absolute atomic E-state index is 12.4. The third-order valence-corrected chi connectivity index (χ3v) is 3.47. The molecule has 7 heteroatoms. The molecule has 0 aromatic heterocycles. The van der Waals surface area contributed by atoms with Crippen LogP contribution in [0.3, 0.4) is 0 Å². The molecule has 1 amide bonds. The number of hydrogen-bond donors (Lipinski definition) is 2. The van der Waals surface area contributed by atoms with Crippen molar-refractivity contribution in [2.75, 3.05) is 30.0 Å². The number of amides is 1. The Morgan fingerprint density at radius 2 is 1.95 bits per heavy atom. The summed E-state index contributed by atoms with van der Waals surface area (Å²) in [6, 6.07) is 3.39. The van der Waals surface area contributed by atoms with Gasteiger partial charge in [0, 0.05) is 12.1 Å². The number of rotatable bonds is 2. The summed E-state index contributed by atoms with van der Waals surface area (Å²) >= 11 is 0. The molecule has 2 heterocycles. The van der Waals surface area contributed by atoms with Crippen LogP contribution in [0.25, 0.3) is 0 Å². The third kappa shape index (κ3) is 2.24. The number of aliphatic carboxylic acids is 1. The number of ether oxygens (including phenoxy) is 2. The van der Waals surface area contributed by atoms with E-state index in [9.17, 15) is 9.59 Å². The highest BCUT2D eigenvalue weighted by Gasteiger charge is 2.40. The van der Waals surface area contributed by atoms with Gasteiger partial charge in [-0.1, -0.05) is 0 Å². The number of carbonyl (C=O) groups excluding carboxylic acids is 1. The first-order chi connectivity index (χ1) is 9.88. The fourth-order valence-corrected chi connectivity index (χ4v) is 2.53. The Balaban J connectivity index is 2.11. The van der Waals surface area contributed by atoms with E-state index in [0.29, 0.717) is 36.1 Å². The molecule has 0 aliphatic carbocycles. The van der Waals surface area contributed by atoms with Crippen molar-refractivity contribution in [1.82, 2.24) is 0 Å². The Bertz CT molecular complexity index is 626. The maximum atomic E-state index is 12.4. The summed E-state index contributed by atoms with van der Waals surface area (Å²) < 4.78 is 11.0. The van der Waals surface area contributed by atoms with Crippen LogP contribution in [0.2, 0.25) is 0 Å². The molecule has 1 aromatic carbocycles. The van der Waals surface area contributed by atoms with Crippen molar-refractivity contribution >= 4 is 23.3 Å². The number of nitrogens with one attached hydrogen (secondary N) is 1. The summed E-state index contributed by atoms with van der Waals surface area (Å²) in [5.41, 5.74) is 0.266. The molecule has 21 heavy (non-hydrogen) atoms. The zero-order valence-corrected chi connectivity index (χ0v) is 11.8. The van der Waals surface area contributed by atoms with Crippen molar-refractivity contribution < 1.29 is 24.2 Å². The molecule has 2 N–H and O–H groups in total. The smallest absolute Gasteiger partial charge is 0.323 e. The molecular weight excluding hydrogens is 276 g/mol. The van der Waals surface area contributed by atoms with E-state index in [1.807, 2.05) is 0 Å². The first-order valence-electron chi connectivity index (χ1n) is 6.64. The number of carbonyl (C=O) groups is 2. The third-order valence-electron chi connectivity index (χ3n) is 3.47. The zero-order chi connectivity index (χ0) is 15.2. The Morgan fingerprint density at radius 1 is 1.33 bits per heavy atom. The Kier molecular flexibility index (Phi) is 2.93. The highest BCUT2D eigenvalue weighted by molar-refractivity contribution is 6.09. The van der Waals surface area contributed by atoms with E-state index in [1.165, 1.54) is 4.90 Å². The SMILES string of the molecule is CC1(C)Nc2cc3c(cc2N(CC(=O)O)C1=O)OCCO3. The standard InChI is InChI=1S/C14H16N2O5/c1-14(2)13(19)16(7-12(17)18)9-6-11-10(5-8(9)15-14)20-3-4-21-11/h5-6,15H,3-4,7H2,1-2H3,(H,17,18). The quantitative estimate of drug-likeness (QED) is 0.848. The Hall–Kier alpha value is -2.44. The second-order valence-corrected chi connectivity index (χ2v) is 5.55. The number of carboxylic acids is 1. The van der Waals surface area contributed by atoms with E-state index >= 15 is 0 Å². The van der Waals surface area contributed by atoms with Gasteiger partial charge in [-0.3, -0.25) is 14.5 Å². The van der Waals surface area contributed by atoms with Crippen LogP contribution in [0.15, 0.2) is 12.1 Å². The summed E-state index contributed by atoms with van der Waals surface area (Å²) in [7, 11) is 0. The normalized spacial score (nSPS) is 18.8. The Labute approximate surface area is 121 Å². The minimum absolute atomic E-state index is 0.297. The number of benzene rings is 1. The van der Waals surface area contributed by atoms with Crippen molar-refractivity contribution in [3.63, 3.8) is 0 Å². The molecule has 1 aromatic rings. The van der Waals surface area contributed by atoms with Crippen molar-refractivity contribution in [3.05, 3.63) is 12.1 Å². The molecule has 0 radical (unpaired) electrons. The van der Waals surface area contributed by atoms with Crippen molar-refractivity contribution in [3.8, 4) is 11.5 Å². The van der Waals surface area contributed by atoms with Crippen LogP contribution in [-0.4, -0.2) is 42.3 Å². The molecule has 112 valence electrons. The number of nitrogens with zero attached hydrogens (tertiary/aromatic N) is 1. The maximum Gasteiger partial charge on any atom is 0.323 e. The van der Waals surface area contributed by atoms with Crippen molar-refractivity contribution in [2.45, 2.75) is 19.4 Å². The van der Waals surface area contributed by atoms with E-state index in [0.717, 1.165) is 0 Å². The highest BCUT2D eigenvalue weighted by Crippen LogP contribution is 2.43. The monoisotopic (exact) mass is 292 g/mol. The molecule has 0 saturated heterocycles. The van der Waals surface area contributed by atoms with E-state index in [-0.39, 0.29) is 5.91 Å². The second kappa shape index (κ2) is 4.54. The fraction of sp³-hybridized carbons (Fsp3) is 0.429. The van der Waals surface area contributed by atoms with Gasteiger partial charge in [0.15, 0.2) is 11.5 Å². The minimum atomic E-state index is -1.07. The zero-order valence-electron chi connectivity index (χ0n) is 11.8. The van der Waals surface area contributed by atoms with Gasteiger partial charge in [-0.05, 0) is 13.8 Å². The predicted octanol–water partition coefficient (Wildman–Crippen LogP) is 1.08. The van der Waals surface area contributed by atoms with Gasteiger partial charge < -0.3 is 19.9 Å². The lowest BCUT2D eigenvalue weighted by molar-refractivity contribution is -0.137. The van der Waals surface area contributed by atoms with Gasteiger partial charge in [0.25, 0.3) is 5.91 Å². The van der Waals surface area contributed by atoms with Gasteiger partial charge in [0.1, 0.15) is 25.3 Å². The van der Waals surface area contributed by atoms with Crippen molar-refractivity contribution in [1.29, 1.82) is 0 Å². The number of anilines is 2. The largest absolute Gasteiger partial charge is 0.486 e. The van der Waals surface area contributed by atoms with Crippen molar-refractivity contribution in [2.24, 2.45) is 0 Å². The summed E-state index contributed by atoms with van der Waals surface area (Å²) in [5, 5.41) is 12.2. The molecule has 0 atom stereocenters. The van der Waals surface area contributed by atoms with E-state index < -0.39 is 18.1 Å². The summed E-state index contributed by atoms with van der Waals surface area (Å²) in [6.45, 7) is 3.93. The lowest BCUT2D eigenvalue weighted by atomic mass is 9.97. The van der Waals surface area contributed by atoms with Gasteiger partial charge in [-0.2, -0.15) is 0 Å². The molecule has 0 spiro atoms. The summed E-state index contributed by atoms with van der Waals surface area (Å²) in [4.78, 5) is 24.8. The van der Waals surface area contributed by atoms with Crippen LogP contribution >= 0.6 is 0 Å². The molecule has 7 nitrogen and oxygen atoms in total. The van der Waals surface area contributed by atoms with Crippen LogP contribution in [0.5, 0.6) is 11.5 Å². The van der Waals surface area contributed by atoms with Crippen LogP contribution in [0.4, 0.5) is 11.4 Å².